The van der Waals surface area contributed by atoms with Crippen molar-refractivity contribution in [1.82, 2.24) is 15.1 Å². The van der Waals surface area contributed by atoms with Gasteiger partial charge >= 0.3 is 0 Å². The van der Waals surface area contributed by atoms with E-state index >= 15 is 0 Å². The molecule has 0 amide bonds. The lowest BCUT2D eigenvalue weighted by Crippen LogP contribution is -2.21. The first-order valence-corrected chi connectivity index (χ1v) is 7.70. The standard InChI is InChI=1S/C14H16ClFIN3/c1-8-14(15)13(20(3)19-8)7-12(18-2)10-5-4-9(16)6-11(10)17/h4-6,12,18H,7H2,1-3H3. The van der Waals surface area contributed by atoms with E-state index in [0.717, 1.165) is 20.5 Å². The van der Waals surface area contributed by atoms with E-state index in [-0.39, 0.29) is 11.9 Å². The zero-order valence-electron chi connectivity index (χ0n) is 11.5. The molecule has 0 aliphatic rings. The summed E-state index contributed by atoms with van der Waals surface area (Å²) in [4.78, 5) is 0. The third-order valence-electron chi connectivity index (χ3n) is 3.35. The Bertz CT molecular complexity index is 627. The second kappa shape index (κ2) is 6.41. The summed E-state index contributed by atoms with van der Waals surface area (Å²) in [5.41, 5.74) is 2.86. The minimum atomic E-state index is -0.220. The molecule has 6 heteroatoms. The number of aromatic nitrogens is 2. The monoisotopic (exact) mass is 407 g/mol. The van der Waals surface area contributed by atoms with E-state index in [1.807, 2.05) is 27.1 Å². The molecule has 108 valence electrons. The highest BCUT2D eigenvalue weighted by Gasteiger charge is 2.19. The molecule has 0 bridgehead atoms. The first kappa shape index (κ1) is 15.7. The fourth-order valence-electron chi connectivity index (χ4n) is 2.25. The number of likely N-dealkylation sites (N-methyl/N-ethyl adjacent to an activating group) is 1. The average molecular weight is 408 g/mol. The van der Waals surface area contributed by atoms with Crippen LogP contribution in [0, 0.1) is 16.3 Å². The molecule has 1 atom stereocenters. The summed E-state index contributed by atoms with van der Waals surface area (Å²) in [7, 11) is 3.78. The van der Waals surface area contributed by atoms with Gasteiger partial charge in [0, 0.05) is 23.1 Å². The van der Waals surface area contributed by atoms with Crippen molar-refractivity contribution in [3.63, 3.8) is 0 Å². The van der Waals surface area contributed by atoms with E-state index < -0.39 is 0 Å². The number of hydrogen-bond acceptors (Lipinski definition) is 2. The number of rotatable bonds is 4. The molecule has 0 radical (unpaired) electrons. The maximum absolute atomic E-state index is 13.2. The molecule has 0 fully saturated rings. The highest BCUT2D eigenvalue weighted by Crippen LogP contribution is 2.28. The Balaban J connectivity index is 2.33. The lowest BCUT2D eigenvalue weighted by atomic mass is 10.0. The van der Waals surface area contributed by atoms with Crippen LogP contribution in [-0.2, 0) is 13.5 Å². The molecule has 2 rings (SSSR count). The molecule has 0 aliphatic heterocycles. The van der Waals surface area contributed by atoms with E-state index in [9.17, 15) is 4.39 Å². The number of nitrogens with zero attached hydrogens (tertiary/aromatic N) is 2. The Morgan fingerprint density at radius 1 is 1.50 bits per heavy atom. The van der Waals surface area contributed by atoms with Crippen molar-refractivity contribution in [2.45, 2.75) is 19.4 Å². The lowest BCUT2D eigenvalue weighted by molar-refractivity contribution is 0.556. The van der Waals surface area contributed by atoms with Crippen molar-refractivity contribution in [3.8, 4) is 0 Å². The lowest BCUT2D eigenvalue weighted by Gasteiger charge is -2.18. The first-order valence-electron chi connectivity index (χ1n) is 6.24. The van der Waals surface area contributed by atoms with Gasteiger partial charge in [-0.05, 0) is 54.3 Å². The van der Waals surface area contributed by atoms with Gasteiger partial charge in [0.1, 0.15) is 5.82 Å². The van der Waals surface area contributed by atoms with Gasteiger partial charge in [-0.25, -0.2) is 4.39 Å². The van der Waals surface area contributed by atoms with Crippen molar-refractivity contribution in [1.29, 1.82) is 0 Å². The largest absolute Gasteiger partial charge is 0.313 e. The molecule has 0 aliphatic carbocycles. The summed E-state index contributed by atoms with van der Waals surface area (Å²) in [6.45, 7) is 1.89. The van der Waals surface area contributed by atoms with E-state index in [0.29, 0.717) is 11.4 Å². The summed E-state index contributed by atoms with van der Waals surface area (Å²) in [5, 5.41) is 8.29. The molecule has 20 heavy (non-hydrogen) atoms. The topological polar surface area (TPSA) is 29.9 Å². The predicted molar refractivity (Wildman–Crippen MR) is 87.6 cm³/mol. The fraction of sp³-hybridized carbons (Fsp3) is 0.357. The molecular formula is C14H16ClFIN3. The zero-order valence-corrected chi connectivity index (χ0v) is 14.5. The highest BCUT2D eigenvalue weighted by molar-refractivity contribution is 14.1. The molecule has 1 unspecified atom stereocenters. The van der Waals surface area contributed by atoms with Crippen LogP contribution < -0.4 is 5.32 Å². The summed E-state index contributed by atoms with van der Waals surface area (Å²) >= 11 is 8.45. The number of nitrogens with one attached hydrogen (secondary N) is 1. The minimum Gasteiger partial charge on any atom is -0.313 e. The summed E-state index contributed by atoms with van der Waals surface area (Å²) in [6.07, 6.45) is 0.703. The number of hydrogen-bond donors (Lipinski definition) is 1. The molecule has 2 aromatic rings. The van der Waals surface area contributed by atoms with Crippen LogP contribution >= 0.6 is 34.2 Å². The van der Waals surface area contributed by atoms with Crippen LogP contribution in [0.5, 0.6) is 0 Å². The van der Waals surface area contributed by atoms with Crippen LogP contribution in [0.2, 0.25) is 5.02 Å². The molecule has 1 aromatic heterocycles. The molecule has 0 saturated carbocycles. The van der Waals surface area contributed by atoms with Crippen LogP contribution in [0.4, 0.5) is 4.39 Å². The Morgan fingerprint density at radius 3 is 2.70 bits per heavy atom. The van der Waals surface area contributed by atoms with Crippen LogP contribution in [0.15, 0.2) is 18.2 Å². The zero-order chi connectivity index (χ0) is 14.9. The number of halogens is 3. The van der Waals surface area contributed by atoms with Crippen molar-refractivity contribution >= 4 is 34.2 Å². The second-order valence-corrected chi connectivity index (χ2v) is 6.22. The van der Waals surface area contributed by atoms with Gasteiger partial charge in [-0.2, -0.15) is 5.10 Å². The van der Waals surface area contributed by atoms with Crippen molar-refractivity contribution in [2.75, 3.05) is 7.05 Å². The molecule has 3 nitrogen and oxygen atoms in total. The van der Waals surface area contributed by atoms with E-state index in [1.54, 1.807) is 4.68 Å². The van der Waals surface area contributed by atoms with Gasteiger partial charge in [0.2, 0.25) is 0 Å². The predicted octanol–water partition coefficient (Wildman–Crippen LogP) is 3.63. The maximum atomic E-state index is 13.2. The summed E-state index contributed by atoms with van der Waals surface area (Å²) < 4.78 is 15.9. The molecule has 1 N–H and O–H groups in total. The minimum absolute atomic E-state index is 0.0646. The van der Waals surface area contributed by atoms with Gasteiger partial charge in [-0.1, -0.05) is 17.7 Å². The molecule has 1 aromatic carbocycles. The smallest absolute Gasteiger partial charge is 0.124 e. The first-order chi connectivity index (χ1) is 9.43. The van der Waals surface area contributed by atoms with Crippen molar-refractivity contribution in [2.24, 2.45) is 7.05 Å². The van der Waals surface area contributed by atoms with Crippen molar-refractivity contribution < 1.29 is 4.39 Å². The number of benzene rings is 1. The molecule has 0 spiro atoms. The van der Waals surface area contributed by atoms with E-state index in [1.165, 1.54) is 12.1 Å². The van der Waals surface area contributed by atoms with Crippen LogP contribution in [0.1, 0.15) is 23.0 Å². The van der Waals surface area contributed by atoms with Gasteiger partial charge in [-0.15, -0.1) is 0 Å². The van der Waals surface area contributed by atoms with Gasteiger partial charge in [0.15, 0.2) is 0 Å². The SMILES string of the molecule is CNC(Cc1c(Cl)c(C)nn1C)c1ccc(F)cc1I. The van der Waals surface area contributed by atoms with Crippen LogP contribution in [0.3, 0.4) is 0 Å². The Labute approximate surface area is 136 Å². The Kier molecular flexibility index (Phi) is 5.04. The second-order valence-electron chi connectivity index (χ2n) is 4.68. The summed E-state index contributed by atoms with van der Waals surface area (Å²) in [6, 6.07) is 4.90. The molecule has 0 saturated heterocycles. The van der Waals surface area contributed by atoms with E-state index in [4.69, 9.17) is 11.6 Å². The third kappa shape index (κ3) is 3.15. The normalized spacial score (nSPS) is 12.7. The molecule has 1 heterocycles. The fourth-order valence-corrected chi connectivity index (χ4v) is 3.34. The molecular weight excluding hydrogens is 392 g/mol. The Hall–Kier alpha value is -0.660. The van der Waals surface area contributed by atoms with Gasteiger partial charge in [-0.3, -0.25) is 4.68 Å². The third-order valence-corrected chi connectivity index (χ3v) is 4.77. The van der Waals surface area contributed by atoms with Gasteiger partial charge in [0.05, 0.1) is 16.4 Å². The van der Waals surface area contributed by atoms with Crippen LogP contribution in [-0.4, -0.2) is 16.8 Å². The van der Waals surface area contributed by atoms with Crippen LogP contribution in [0.25, 0.3) is 0 Å². The van der Waals surface area contributed by atoms with Gasteiger partial charge < -0.3 is 5.32 Å². The highest BCUT2D eigenvalue weighted by atomic mass is 127. The Morgan fingerprint density at radius 2 is 2.20 bits per heavy atom. The summed E-state index contributed by atoms with van der Waals surface area (Å²) in [5.74, 6) is -0.220. The average Bonchev–Trinajstić information content (AvgIpc) is 2.62. The quantitative estimate of drug-likeness (QED) is 0.785. The maximum Gasteiger partial charge on any atom is 0.124 e. The van der Waals surface area contributed by atoms with Crippen molar-refractivity contribution in [3.05, 3.63) is 49.6 Å². The number of aryl methyl sites for hydroxylation is 2. The van der Waals surface area contributed by atoms with E-state index in [2.05, 4.69) is 33.0 Å². The van der Waals surface area contributed by atoms with Gasteiger partial charge in [0.25, 0.3) is 0 Å².